The Hall–Kier alpha value is -3.13. The smallest absolute Gasteiger partial charge is 0.336 e. The van der Waals surface area contributed by atoms with E-state index < -0.39 is 17.9 Å². The number of hydrogen-bond acceptors (Lipinski definition) is 8. The van der Waals surface area contributed by atoms with Gasteiger partial charge in [-0.05, 0) is 45.4 Å². The molecule has 8 heteroatoms. The fraction of sp³-hybridized carbons (Fsp3) is 0.318. The highest BCUT2D eigenvalue weighted by Gasteiger charge is 2.37. The van der Waals surface area contributed by atoms with Gasteiger partial charge in [-0.15, -0.1) is 11.3 Å². The maximum atomic E-state index is 12.6. The zero-order chi connectivity index (χ0) is 22.0. The number of allylic oxidation sites excluding steroid dienone is 2. The molecule has 1 aromatic carbocycles. The van der Waals surface area contributed by atoms with Crippen molar-refractivity contribution in [2.45, 2.75) is 33.6 Å². The number of methoxy groups -OCH3 is 2. The summed E-state index contributed by atoms with van der Waals surface area (Å²) in [6.07, 6.45) is 0. The molecule has 0 unspecified atom stereocenters. The third-order valence-corrected chi connectivity index (χ3v) is 6.06. The number of esters is 2. The molecule has 0 spiro atoms. The van der Waals surface area contributed by atoms with Crippen LogP contribution in [0.1, 0.15) is 35.9 Å². The molecule has 1 aromatic heterocycles. The Morgan fingerprint density at radius 3 is 2.13 bits per heavy atom. The number of hydrogen-bond donors (Lipinski definition) is 2. The fourth-order valence-electron chi connectivity index (χ4n) is 3.53. The summed E-state index contributed by atoms with van der Waals surface area (Å²) in [7, 11) is 2.65. The van der Waals surface area contributed by atoms with Gasteiger partial charge >= 0.3 is 11.9 Å². The molecule has 158 valence electrons. The zero-order valence-corrected chi connectivity index (χ0v) is 18.7. The number of ether oxygens (including phenoxy) is 2. The Balaban J connectivity index is 2.09. The molecular formula is C22H25N3O4S. The number of carbonyl (C=O) groups is 2. The minimum Gasteiger partial charge on any atom is -0.466 e. The lowest BCUT2D eigenvalue weighted by molar-refractivity contribution is -0.137. The van der Waals surface area contributed by atoms with Crippen LogP contribution in [-0.4, -0.2) is 31.1 Å². The van der Waals surface area contributed by atoms with E-state index >= 15 is 0 Å². The summed E-state index contributed by atoms with van der Waals surface area (Å²) in [5.41, 5.74) is 4.59. The highest BCUT2D eigenvalue weighted by atomic mass is 32.1. The number of aromatic nitrogens is 1. The maximum absolute atomic E-state index is 12.6. The van der Waals surface area contributed by atoms with Crippen LogP contribution < -0.4 is 10.6 Å². The summed E-state index contributed by atoms with van der Waals surface area (Å²) in [6.45, 7) is 7.57. The van der Waals surface area contributed by atoms with Gasteiger partial charge in [0, 0.05) is 22.0 Å². The van der Waals surface area contributed by atoms with E-state index in [1.165, 1.54) is 14.2 Å². The molecule has 0 atom stereocenters. The lowest BCUT2D eigenvalue weighted by atomic mass is 9.80. The molecule has 30 heavy (non-hydrogen) atoms. The molecule has 7 nitrogen and oxygen atoms in total. The summed E-state index contributed by atoms with van der Waals surface area (Å²) in [5, 5.41) is 7.20. The molecule has 1 aliphatic heterocycles. The Morgan fingerprint density at radius 1 is 1.03 bits per heavy atom. The first-order valence-electron chi connectivity index (χ1n) is 9.43. The van der Waals surface area contributed by atoms with Crippen LogP contribution in [0, 0.1) is 13.8 Å². The van der Waals surface area contributed by atoms with E-state index in [2.05, 4.69) is 15.6 Å². The van der Waals surface area contributed by atoms with Crippen LogP contribution in [0.4, 0.5) is 10.8 Å². The average Bonchev–Trinajstić information content (AvgIpc) is 3.03. The molecule has 0 aliphatic carbocycles. The standard InChI is InChI=1S/C22H25N3O4S/c1-11-14(4)30-22(24-11)25-16-9-7-8-15(10-16)19-17(20(26)28-5)12(2)23-13(3)18(19)21(27)29-6/h7-10,19,23H,1-6H3,(H,24,25). The molecule has 0 amide bonds. The van der Waals surface area contributed by atoms with E-state index in [1.54, 1.807) is 25.2 Å². The van der Waals surface area contributed by atoms with Gasteiger partial charge in [0.25, 0.3) is 0 Å². The molecule has 1 aliphatic rings. The number of dihydropyridines is 1. The van der Waals surface area contributed by atoms with Crippen molar-refractivity contribution < 1.29 is 19.1 Å². The Kier molecular flexibility index (Phi) is 6.26. The lowest BCUT2D eigenvalue weighted by Gasteiger charge is -2.30. The third kappa shape index (κ3) is 4.09. The normalized spacial score (nSPS) is 14.5. The summed E-state index contributed by atoms with van der Waals surface area (Å²) in [4.78, 5) is 30.9. The summed E-state index contributed by atoms with van der Waals surface area (Å²) >= 11 is 1.57. The van der Waals surface area contributed by atoms with E-state index in [0.717, 1.165) is 27.0 Å². The molecule has 0 radical (unpaired) electrons. The highest BCUT2D eigenvalue weighted by Crippen LogP contribution is 2.40. The predicted molar refractivity (Wildman–Crippen MR) is 117 cm³/mol. The van der Waals surface area contributed by atoms with Gasteiger partial charge in [-0.25, -0.2) is 14.6 Å². The van der Waals surface area contributed by atoms with Gasteiger partial charge in [0.15, 0.2) is 5.13 Å². The van der Waals surface area contributed by atoms with Crippen molar-refractivity contribution in [1.82, 2.24) is 10.3 Å². The van der Waals surface area contributed by atoms with Crippen LogP contribution in [-0.2, 0) is 19.1 Å². The fourth-order valence-corrected chi connectivity index (χ4v) is 4.37. The largest absolute Gasteiger partial charge is 0.466 e. The Morgan fingerprint density at radius 2 is 1.63 bits per heavy atom. The number of carbonyl (C=O) groups excluding carboxylic acids is 2. The second-order valence-electron chi connectivity index (χ2n) is 7.03. The summed E-state index contributed by atoms with van der Waals surface area (Å²) in [5.74, 6) is -1.61. The summed E-state index contributed by atoms with van der Waals surface area (Å²) < 4.78 is 10.0. The minimum absolute atomic E-state index is 0.376. The van der Waals surface area contributed by atoms with Gasteiger partial charge in [0.05, 0.1) is 37.0 Å². The molecule has 2 N–H and O–H groups in total. The van der Waals surface area contributed by atoms with Crippen molar-refractivity contribution in [3.05, 3.63) is 62.9 Å². The van der Waals surface area contributed by atoms with E-state index in [0.29, 0.717) is 22.5 Å². The quantitative estimate of drug-likeness (QED) is 0.695. The number of anilines is 2. The van der Waals surface area contributed by atoms with Gasteiger partial charge < -0.3 is 20.1 Å². The first-order chi connectivity index (χ1) is 14.3. The number of benzene rings is 1. The number of nitrogens with one attached hydrogen (secondary N) is 2. The molecule has 2 aromatic rings. The first-order valence-corrected chi connectivity index (χ1v) is 10.2. The van der Waals surface area contributed by atoms with Crippen LogP contribution in [0.25, 0.3) is 0 Å². The molecular weight excluding hydrogens is 402 g/mol. The van der Waals surface area contributed by atoms with E-state index in [-0.39, 0.29) is 0 Å². The SMILES string of the molecule is COC(=O)C1=C(C)NC(C)=C(C(=O)OC)C1c1cccc(Nc2nc(C)c(C)s2)c1. The maximum Gasteiger partial charge on any atom is 0.336 e. The minimum atomic E-state index is -0.618. The molecule has 2 heterocycles. The number of nitrogens with zero attached hydrogens (tertiary/aromatic N) is 1. The third-order valence-electron chi connectivity index (χ3n) is 5.07. The van der Waals surface area contributed by atoms with Crippen molar-refractivity contribution >= 4 is 34.1 Å². The highest BCUT2D eigenvalue weighted by molar-refractivity contribution is 7.15. The van der Waals surface area contributed by atoms with Crippen molar-refractivity contribution in [3.63, 3.8) is 0 Å². The van der Waals surface area contributed by atoms with Crippen molar-refractivity contribution in [2.75, 3.05) is 19.5 Å². The first kappa shape index (κ1) is 21.6. The van der Waals surface area contributed by atoms with E-state index in [1.807, 2.05) is 38.1 Å². The Labute approximate surface area is 179 Å². The Bertz CT molecular complexity index is 1010. The monoisotopic (exact) mass is 427 g/mol. The number of aryl methyl sites for hydroxylation is 2. The molecule has 0 saturated carbocycles. The van der Waals surface area contributed by atoms with Crippen LogP contribution in [0.3, 0.4) is 0 Å². The van der Waals surface area contributed by atoms with Gasteiger partial charge in [-0.3, -0.25) is 0 Å². The van der Waals surface area contributed by atoms with E-state index in [9.17, 15) is 9.59 Å². The van der Waals surface area contributed by atoms with Crippen LogP contribution in [0.15, 0.2) is 46.8 Å². The van der Waals surface area contributed by atoms with Gasteiger partial charge in [0.2, 0.25) is 0 Å². The van der Waals surface area contributed by atoms with Crippen molar-refractivity contribution in [3.8, 4) is 0 Å². The van der Waals surface area contributed by atoms with Crippen LogP contribution in [0.5, 0.6) is 0 Å². The second-order valence-corrected chi connectivity index (χ2v) is 8.23. The topological polar surface area (TPSA) is 89.5 Å². The lowest BCUT2D eigenvalue weighted by Crippen LogP contribution is -2.32. The van der Waals surface area contributed by atoms with Crippen LogP contribution >= 0.6 is 11.3 Å². The number of rotatable bonds is 5. The van der Waals surface area contributed by atoms with Crippen molar-refractivity contribution in [1.29, 1.82) is 0 Å². The van der Waals surface area contributed by atoms with E-state index in [4.69, 9.17) is 9.47 Å². The summed E-state index contributed by atoms with van der Waals surface area (Å²) in [6, 6.07) is 7.58. The molecule has 3 rings (SSSR count). The average molecular weight is 428 g/mol. The van der Waals surface area contributed by atoms with Crippen molar-refractivity contribution in [2.24, 2.45) is 0 Å². The van der Waals surface area contributed by atoms with Gasteiger partial charge in [-0.1, -0.05) is 12.1 Å². The second kappa shape index (κ2) is 8.71. The van der Waals surface area contributed by atoms with Gasteiger partial charge in [-0.2, -0.15) is 0 Å². The van der Waals surface area contributed by atoms with Gasteiger partial charge in [0.1, 0.15) is 0 Å². The predicted octanol–water partition coefficient (Wildman–Crippen LogP) is 4.08. The zero-order valence-electron chi connectivity index (χ0n) is 17.9. The molecule has 0 fully saturated rings. The van der Waals surface area contributed by atoms with Crippen LogP contribution in [0.2, 0.25) is 0 Å². The molecule has 0 bridgehead atoms. The molecule has 0 saturated heterocycles. The number of thiazole rings is 1.